The number of nitrogen functional groups attached to an aromatic ring is 1. The SMILES string of the molecule is CCN(CC)c1ccc(/C=C(\C#N)c2nn(-c3ccccc3)c(N)c2C#N)cc1. The molecular formula is C23H22N6. The van der Waals surface area contributed by atoms with E-state index >= 15 is 0 Å². The number of nitrogens with zero attached hydrogens (tertiary/aromatic N) is 5. The maximum absolute atomic E-state index is 9.72. The maximum Gasteiger partial charge on any atom is 0.145 e. The summed E-state index contributed by atoms with van der Waals surface area (Å²) in [5.41, 5.74) is 9.63. The van der Waals surface area contributed by atoms with Gasteiger partial charge in [-0.15, -0.1) is 0 Å². The van der Waals surface area contributed by atoms with Crippen LogP contribution in [0.4, 0.5) is 11.5 Å². The van der Waals surface area contributed by atoms with E-state index in [4.69, 9.17) is 5.73 Å². The molecule has 29 heavy (non-hydrogen) atoms. The fourth-order valence-electron chi connectivity index (χ4n) is 3.19. The quantitative estimate of drug-likeness (QED) is 0.644. The lowest BCUT2D eigenvalue weighted by atomic mass is 10.1. The van der Waals surface area contributed by atoms with E-state index in [0.717, 1.165) is 30.0 Å². The monoisotopic (exact) mass is 382 g/mol. The molecular weight excluding hydrogens is 360 g/mol. The maximum atomic E-state index is 9.72. The van der Waals surface area contributed by atoms with Crippen LogP contribution in [0, 0.1) is 22.7 Å². The molecule has 0 saturated carbocycles. The van der Waals surface area contributed by atoms with E-state index in [0.29, 0.717) is 5.57 Å². The van der Waals surface area contributed by atoms with Crippen molar-refractivity contribution in [3.63, 3.8) is 0 Å². The van der Waals surface area contributed by atoms with E-state index in [1.807, 2.05) is 54.6 Å². The molecule has 0 amide bonds. The summed E-state index contributed by atoms with van der Waals surface area (Å²) in [6.07, 6.45) is 1.73. The van der Waals surface area contributed by atoms with E-state index in [1.54, 1.807) is 6.08 Å². The summed E-state index contributed by atoms with van der Waals surface area (Å²) in [5.74, 6) is 0.215. The van der Waals surface area contributed by atoms with E-state index < -0.39 is 0 Å². The molecule has 0 bridgehead atoms. The lowest BCUT2D eigenvalue weighted by molar-refractivity contribution is 0.866. The highest BCUT2D eigenvalue weighted by Crippen LogP contribution is 2.27. The summed E-state index contributed by atoms with van der Waals surface area (Å²) >= 11 is 0. The van der Waals surface area contributed by atoms with Gasteiger partial charge in [-0.2, -0.15) is 15.6 Å². The van der Waals surface area contributed by atoms with Crippen LogP contribution in [-0.4, -0.2) is 22.9 Å². The van der Waals surface area contributed by atoms with Gasteiger partial charge in [0.15, 0.2) is 0 Å². The summed E-state index contributed by atoms with van der Waals surface area (Å²) in [7, 11) is 0. The molecule has 3 aromatic rings. The molecule has 0 saturated heterocycles. The number of allylic oxidation sites excluding steroid dienone is 1. The first-order valence-corrected chi connectivity index (χ1v) is 9.44. The first-order chi connectivity index (χ1) is 14.1. The number of aromatic nitrogens is 2. The number of anilines is 2. The van der Waals surface area contributed by atoms with Gasteiger partial charge in [0.1, 0.15) is 29.2 Å². The fraction of sp³-hybridized carbons (Fsp3) is 0.174. The van der Waals surface area contributed by atoms with E-state index in [-0.39, 0.29) is 17.1 Å². The first-order valence-electron chi connectivity index (χ1n) is 9.44. The van der Waals surface area contributed by atoms with Crippen molar-refractivity contribution in [2.75, 3.05) is 23.7 Å². The predicted molar refractivity (Wildman–Crippen MR) is 116 cm³/mol. The lowest BCUT2D eigenvalue weighted by Crippen LogP contribution is -2.21. The number of nitrogens with two attached hydrogens (primary N) is 1. The third-order valence-electron chi connectivity index (χ3n) is 4.74. The molecule has 3 rings (SSSR count). The number of hydrogen-bond acceptors (Lipinski definition) is 5. The van der Waals surface area contributed by atoms with Gasteiger partial charge in [0, 0.05) is 18.8 Å². The van der Waals surface area contributed by atoms with E-state index in [9.17, 15) is 10.5 Å². The van der Waals surface area contributed by atoms with Crippen LogP contribution in [0.25, 0.3) is 17.3 Å². The highest BCUT2D eigenvalue weighted by atomic mass is 15.3. The van der Waals surface area contributed by atoms with Crippen molar-refractivity contribution in [1.82, 2.24) is 9.78 Å². The number of para-hydroxylation sites is 1. The summed E-state index contributed by atoms with van der Waals surface area (Å²) in [6.45, 7) is 6.08. The summed E-state index contributed by atoms with van der Waals surface area (Å²) in [4.78, 5) is 2.24. The zero-order valence-electron chi connectivity index (χ0n) is 16.5. The van der Waals surface area contributed by atoms with Gasteiger partial charge in [-0.05, 0) is 49.8 Å². The van der Waals surface area contributed by atoms with Crippen molar-refractivity contribution in [2.45, 2.75) is 13.8 Å². The second kappa shape index (κ2) is 8.77. The van der Waals surface area contributed by atoms with E-state index in [2.05, 4.69) is 36.0 Å². The zero-order chi connectivity index (χ0) is 20.8. The van der Waals surface area contributed by atoms with Crippen molar-refractivity contribution in [2.24, 2.45) is 0 Å². The van der Waals surface area contributed by atoms with Crippen molar-refractivity contribution in [3.8, 4) is 17.8 Å². The predicted octanol–water partition coefficient (Wildman–Crippen LogP) is 4.24. The number of rotatable bonds is 6. The molecule has 1 aromatic heterocycles. The molecule has 0 unspecified atom stereocenters. The minimum absolute atomic E-state index is 0.196. The molecule has 0 spiro atoms. The van der Waals surface area contributed by atoms with Crippen molar-refractivity contribution >= 4 is 23.2 Å². The van der Waals surface area contributed by atoms with Gasteiger partial charge in [0.2, 0.25) is 0 Å². The van der Waals surface area contributed by atoms with Crippen LogP contribution in [0.5, 0.6) is 0 Å². The Bertz CT molecular complexity index is 1090. The van der Waals surface area contributed by atoms with Crippen LogP contribution in [0.2, 0.25) is 0 Å². The topological polar surface area (TPSA) is 94.7 Å². The molecule has 1 heterocycles. The molecule has 0 aliphatic rings. The lowest BCUT2D eigenvalue weighted by Gasteiger charge is -2.20. The standard InChI is InChI=1S/C23H22N6/c1-3-28(4-2)19-12-10-17(11-13-19)14-18(15-24)22-21(16-25)23(26)29(27-22)20-8-6-5-7-9-20/h5-14H,3-4,26H2,1-2H3/b18-14+. The number of nitriles is 2. The number of hydrogen-bond donors (Lipinski definition) is 1. The number of benzene rings is 2. The zero-order valence-corrected chi connectivity index (χ0v) is 16.5. The Morgan fingerprint density at radius 1 is 1.07 bits per heavy atom. The van der Waals surface area contributed by atoms with Gasteiger partial charge >= 0.3 is 0 Å². The van der Waals surface area contributed by atoms with Gasteiger partial charge in [-0.1, -0.05) is 30.3 Å². The van der Waals surface area contributed by atoms with Crippen molar-refractivity contribution in [1.29, 1.82) is 10.5 Å². The van der Waals surface area contributed by atoms with Crippen LogP contribution in [0.1, 0.15) is 30.7 Å². The van der Waals surface area contributed by atoms with Crippen LogP contribution < -0.4 is 10.6 Å². The van der Waals surface area contributed by atoms with Gasteiger partial charge in [-0.25, -0.2) is 4.68 Å². The first kappa shape index (κ1) is 19.7. The van der Waals surface area contributed by atoms with Gasteiger partial charge in [0.25, 0.3) is 0 Å². The van der Waals surface area contributed by atoms with Crippen LogP contribution in [-0.2, 0) is 0 Å². The largest absolute Gasteiger partial charge is 0.382 e. The minimum Gasteiger partial charge on any atom is -0.382 e. The van der Waals surface area contributed by atoms with Crippen LogP contribution >= 0.6 is 0 Å². The molecule has 0 radical (unpaired) electrons. The van der Waals surface area contributed by atoms with Crippen LogP contribution in [0.15, 0.2) is 54.6 Å². The Kier molecular flexibility index (Phi) is 5.97. The normalized spacial score (nSPS) is 11.0. The molecule has 0 aliphatic heterocycles. The fourth-order valence-corrected chi connectivity index (χ4v) is 3.19. The van der Waals surface area contributed by atoms with Gasteiger partial charge in [0.05, 0.1) is 11.3 Å². The molecule has 0 atom stereocenters. The molecule has 0 aliphatic carbocycles. The Morgan fingerprint density at radius 2 is 1.72 bits per heavy atom. The van der Waals surface area contributed by atoms with Gasteiger partial charge in [-0.3, -0.25) is 0 Å². The molecule has 2 N–H and O–H groups in total. The molecule has 6 nitrogen and oxygen atoms in total. The molecule has 6 heteroatoms. The Balaban J connectivity index is 2.03. The second-order valence-corrected chi connectivity index (χ2v) is 6.40. The van der Waals surface area contributed by atoms with Gasteiger partial charge < -0.3 is 10.6 Å². The summed E-state index contributed by atoms with van der Waals surface area (Å²) in [6, 6.07) is 21.5. The Hall–Kier alpha value is -4.03. The molecule has 2 aromatic carbocycles. The second-order valence-electron chi connectivity index (χ2n) is 6.40. The van der Waals surface area contributed by atoms with Crippen molar-refractivity contribution in [3.05, 3.63) is 71.4 Å². The average Bonchev–Trinajstić information content (AvgIpc) is 3.10. The third kappa shape index (κ3) is 3.97. The average molecular weight is 382 g/mol. The third-order valence-corrected chi connectivity index (χ3v) is 4.74. The Morgan fingerprint density at radius 3 is 2.28 bits per heavy atom. The Labute approximate surface area is 170 Å². The highest BCUT2D eigenvalue weighted by Gasteiger charge is 2.19. The molecule has 0 fully saturated rings. The van der Waals surface area contributed by atoms with Crippen molar-refractivity contribution < 1.29 is 0 Å². The summed E-state index contributed by atoms with van der Waals surface area (Å²) < 4.78 is 1.49. The molecule has 144 valence electrons. The smallest absolute Gasteiger partial charge is 0.145 e. The summed E-state index contributed by atoms with van der Waals surface area (Å²) in [5, 5.41) is 23.8. The highest BCUT2D eigenvalue weighted by molar-refractivity contribution is 5.91. The minimum atomic E-state index is 0.196. The van der Waals surface area contributed by atoms with Crippen LogP contribution in [0.3, 0.4) is 0 Å². The van der Waals surface area contributed by atoms with E-state index in [1.165, 1.54) is 4.68 Å².